The molecule has 25 heavy (non-hydrogen) atoms. The number of aromatic amines is 1. The molecule has 0 saturated heterocycles. The molecule has 1 aromatic heterocycles. The van der Waals surface area contributed by atoms with Gasteiger partial charge in [0.2, 0.25) is 5.82 Å². The summed E-state index contributed by atoms with van der Waals surface area (Å²) < 4.78 is 5.84. The second-order valence-corrected chi connectivity index (χ2v) is 12.2. The fourth-order valence-corrected chi connectivity index (χ4v) is 3.23. The number of aromatic nitrogens is 3. The number of anilines is 1. The first-order chi connectivity index (χ1) is 11.7. The first-order valence-electron chi connectivity index (χ1n) is 7.84. The second-order valence-electron chi connectivity index (χ2n) is 6.96. The van der Waals surface area contributed by atoms with Crippen molar-refractivity contribution in [2.24, 2.45) is 11.7 Å². The third kappa shape index (κ3) is 3.36. The molecule has 9 heteroatoms. The van der Waals surface area contributed by atoms with Gasteiger partial charge in [0.15, 0.2) is 12.5 Å². The Labute approximate surface area is 152 Å². The predicted molar refractivity (Wildman–Crippen MR) is 101 cm³/mol. The molecule has 2 heterocycles. The number of nitrogens with one attached hydrogen (secondary N) is 1. The van der Waals surface area contributed by atoms with Crippen molar-refractivity contribution in [3.05, 3.63) is 28.9 Å². The van der Waals surface area contributed by atoms with Gasteiger partial charge in [-0.15, -0.1) is 10.6 Å². The number of hydrogen-bond donors (Lipinski definition) is 2. The number of hydrogen-bond acceptors (Lipinski definition) is 6. The van der Waals surface area contributed by atoms with Gasteiger partial charge in [-0.05, 0) is 0 Å². The number of thiocarbonyl (C=S) groups is 1. The summed E-state index contributed by atoms with van der Waals surface area (Å²) in [6, 6.07) is 0. The Bertz CT molecular complexity index is 884. The number of nitrogens with two attached hydrogens (primary N) is 1. The van der Waals surface area contributed by atoms with Crippen molar-refractivity contribution in [2.75, 3.05) is 11.6 Å². The normalized spacial score (nSPS) is 19.8. The molecule has 1 aromatic rings. The van der Waals surface area contributed by atoms with Crippen LogP contribution in [0.25, 0.3) is 0 Å². The maximum atomic E-state index is 11.2. The molecule has 0 aromatic carbocycles. The summed E-state index contributed by atoms with van der Waals surface area (Å²) >= 11 is 5.59. The SMILES string of the molecule is C[C@H]1C=C(C#C[Si](C)(C)C)C2=C(C1=S)N(c1n[nH]c(C(N)=O)n1)CO2. The molecule has 0 spiro atoms. The van der Waals surface area contributed by atoms with E-state index >= 15 is 0 Å². The Kier molecular flexibility index (Phi) is 4.26. The minimum Gasteiger partial charge on any atom is -0.469 e. The molecule has 2 aliphatic rings. The number of ether oxygens (including phenoxy) is 1. The van der Waals surface area contributed by atoms with E-state index < -0.39 is 14.0 Å². The van der Waals surface area contributed by atoms with Gasteiger partial charge in [0.1, 0.15) is 13.8 Å². The van der Waals surface area contributed by atoms with Crippen LogP contribution in [-0.4, -0.2) is 40.8 Å². The zero-order chi connectivity index (χ0) is 18.4. The van der Waals surface area contributed by atoms with Gasteiger partial charge in [0, 0.05) is 10.8 Å². The summed E-state index contributed by atoms with van der Waals surface area (Å²) in [4.78, 5) is 17.8. The van der Waals surface area contributed by atoms with E-state index in [0.29, 0.717) is 11.7 Å². The van der Waals surface area contributed by atoms with Crippen LogP contribution < -0.4 is 10.6 Å². The van der Waals surface area contributed by atoms with E-state index in [-0.39, 0.29) is 18.5 Å². The average Bonchev–Trinajstić information content (AvgIpc) is 3.14. The number of carbonyl (C=O) groups is 1. The van der Waals surface area contributed by atoms with Gasteiger partial charge in [-0.2, -0.15) is 4.98 Å². The lowest BCUT2D eigenvalue weighted by molar-refractivity contribution is 0.0991. The molecule has 130 valence electrons. The Hall–Kier alpha value is -2.44. The van der Waals surface area contributed by atoms with Crippen LogP contribution in [0.3, 0.4) is 0 Å². The molecule has 3 rings (SSSR count). The number of amides is 1. The lowest BCUT2D eigenvalue weighted by Crippen LogP contribution is -2.28. The van der Waals surface area contributed by atoms with Crippen LogP contribution in [0.1, 0.15) is 17.5 Å². The van der Waals surface area contributed by atoms with Crippen LogP contribution in [0.5, 0.6) is 0 Å². The lowest BCUT2D eigenvalue weighted by Gasteiger charge is -2.22. The van der Waals surface area contributed by atoms with Gasteiger partial charge in [-0.1, -0.05) is 50.8 Å². The average molecular weight is 374 g/mol. The molecule has 1 aliphatic heterocycles. The number of primary amides is 1. The van der Waals surface area contributed by atoms with Crippen LogP contribution in [0.2, 0.25) is 19.6 Å². The van der Waals surface area contributed by atoms with Crippen molar-refractivity contribution < 1.29 is 9.53 Å². The molecule has 0 saturated carbocycles. The van der Waals surface area contributed by atoms with Crippen LogP contribution in [0.4, 0.5) is 5.95 Å². The Morgan fingerprint density at radius 3 is 2.84 bits per heavy atom. The molecule has 0 bridgehead atoms. The first-order valence-corrected chi connectivity index (χ1v) is 11.7. The molecular weight excluding hydrogens is 354 g/mol. The van der Waals surface area contributed by atoms with Gasteiger partial charge in [-0.25, -0.2) is 0 Å². The quantitative estimate of drug-likeness (QED) is 0.466. The first kappa shape index (κ1) is 17.4. The highest BCUT2D eigenvalue weighted by atomic mass is 32.1. The largest absolute Gasteiger partial charge is 0.469 e. The van der Waals surface area contributed by atoms with Crippen molar-refractivity contribution >= 4 is 37.0 Å². The van der Waals surface area contributed by atoms with Crippen LogP contribution in [-0.2, 0) is 4.74 Å². The van der Waals surface area contributed by atoms with Crippen molar-refractivity contribution in [1.29, 1.82) is 0 Å². The number of nitrogens with zero attached hydrogens (tertiary/aromatic N) is 3. The smallest absolute Gasteiger partial charge is 0.286 e. The fraction of sp³-hybridized carbons (Fsp3) is 0.375. The lowest BCUT2D eigenvalue weighted by atomic mass is 9.93. The Morgan fingerprint density at radius 1 is 1.52 bits per heavy atom. The summed E-state index contributed by atoms with van der Waals surface area (Å²) in [5, 5.41) is 6.57. The van der Waals surface area contributed by atoms with Crippen LogP contribution in [0.15, 0.2) is 23.1 Å². The number of rotatable bonds is 2. The highest BCUT2D eigenvalue weighted by Gasteiger charge is 2.36. The highest BCUT2D eigenvalue weighted by Crippen LogP contribution is 2.36. The molecular formula is C16H19N5O2SSi. The minimum atomic E-state index is -1.52. The van der Waals surface area contributed by atoms with Crippen LogP contribution >= 0.6 is 12.2 Å². The van der Waals surface area contributed by atoms with Crippen molar-refractivity contribution in [3.8, 4) is 11.5 Å². The Balaban J connectivity index is 2.02. The summed E-state index contributed by atoms with van der Waals surface area (Å²) in [7, 11) is -1.52. The minimum absolute atomic E-state index is 0.00637. The molecule has 1 amide bonds. The standard InChI is InChI=1S/C16H19N5O2SSi/c1-9-7-10(5-6-25(2,3)4)12-11(13(9)24)21(8-23-12)16-18-15(14(17)22)19-20-16/h7,9H,8H2,1-4H3,(H2,17,22)(H,18,19,20)/t9-/m0/s1. The fourth-order valence-electron chi connectivity index (χ4n) is 2.45. The maximum absolute atomic E-state index is 11.2. The summed E-state index contributed by atoms with van der Waals surface area (Å²) in [6.45, 7) is 8.79. The van der Waals surface area contributed by atoms with Crippen molar-refractivity contribution in [3.63, 3.8) is 0 Å². The zero-order valence-electron chi connectivity index (χ0n) is 14.5. The van der Waals surface area contributed by atoms with E-state index in [1.165, 1.54) is 0 Å². The van der Waals surface area contributed by atoms with Gasteiger partial charge >= 0.3 is 0 Å². The van der Waals surface area contributed by atoms with Gasteiger partial charge < -0.3 is 10.5 Å². The van der Waals surface area contributed by atoms with Crippen molar-refractivity contribution in [2.45, 2.75) is 26.6 Å². The van der Waals surface area contributed by atoms with Gasteiger partial charge in [0.05, 0.1) is 5.57 Å². The Morgan fingerprint density at radius 2 is 2.24 bits per heavy atom. The number of allylic oxidation sites excluding steroid dienone is 3. The monoisotopic (exact) mass is 373 g/mol. The second kappa shape index (κ2) is 6.13. The van der Waals surface area contributed by atoms with Crippen LogP contribution in [0, 0.1) is 17.4 Å². The predicted octanol–water partition coefficient (Wildman–Crippen LogP) is 1.74. The molecule has 3 N–H and O–H groups in total. The number of carbonyl (C=O) groups excluding carboxylic acids is 1. The van der Waals surface area contributed by atoms with E-state index in [1.54, 1.807) is 4.90 Å². The van der Waals surface area contributed by atoms with E-state index in [1.807, 2.05) is 13.0 Å². The maximum Gasteiger partial charge on any atom is 0.286 e. The summed E-state index contributed by atoms with van der Waals surface area (Å²) in [5.41, 5.74) is 10.2. The molecule has 0 radical (unpaired) electrons. The van der Waals surface area contributed by atoms with E-state index in [0.717, 1.165) is 16.1 Å². The molecule has 0 unspecified atom stereocenters. The molecule has 0 fully saturated rings. The van der Waals surface area contributed by atoms with Gasteiger partial charge in [-0.3, -0.25) is 14.8 Å². The number of H-pyrrole nitrogens is 1. The molecule has 7 nitrogen and oxygen atoms in total. The highest BCUT2D eigenvalue weighted by molar-refractivity contribution is 7.81. The summed E-state index contributed by atoms with van der Waals surface area (Å²) in [6.07, 6.45) is 2.03. The third-order valence-corrected chi connectivity index (χ3v) is 5.09. The van der Waals surface area contributed by atoms with E-state index in [2.05, 4.69) is 46.3 Å². The topological polar surface area (TPSA) is 97.1 Å². The third-order valence-electron chi connectivity index (χ3n) is 3.65. The van der Waals surface area contributed by atoms with E-state index in [4.69, 9.17) is 22.7 Å². The molecule has 1 aliphatic carbocycles. The summed E-state index contributed by atoms with van der Waals surface area (Å²) in [5.74, 6) is 3.57. The van der Waals surface area contributed by atoms with E-state index in [9.17, 15) is 4.79 Å². The molecule has 1 atom stereocenters. The van der Waals surface area contributed by atoms with Crippen molar-refractivity contribution in [1.82, 2.24) is 15.2 Å². The zero-order valence-corrected chi connectivity index (χ0v) is 16.3. The van der Waals surface area contributed by atoms with Gasteiger partial charge in [0.25, 0.3) is 11.9 Å².